The van der Waals surface area contributed by atoms with Crippen LogP contribution in [-0.4, -0.2) is 14.9 Å². The average Bonchev–Trinajstić information content (AvgIpc) is 2.46. The van der Waals surface area contributed by atoms with Gasteiger partial charge in [-0.2, -0.15) is 5.10 Å². The van der Waals surface area contributed by atoms with Gasteiger partial charge in [0.1, 0.15) is 0 Å². The van der Waals surface area contributed by atoms with Crippen LogP contribution < -0.4 is 0 Å². The molecule has 0 aromatic carbocycles. The molecule has 1 aromatic heterocycles. The summed E-state index contributed by atoms with van der Waals surface area (Å²) in [6.45, 7) is 5.06. The molecule has 0 aliphatic heterocycles. The Hall–Kier alpha value is -0.990. The van der Waals surface area contributed by atoms with E-state index in [1.54, 1.807) is 10.9 Å². The van der Waals surface area contributed by atoms with E-state index in [1.807, 2.05) is 0 Å². The molecule has 0 aliphatic rings. The molecule has 1 aromatic rings. The summed E-state index contributed by atoms with van der Waals surface area (Å²) in [6, 6.07) is 0. The summed E-state index contributed by atoms with van der Waals surface area (Å²) in [4.78, 5) is 0. The molecule has 3 nitrogen and oxygen atoms in total. The maximum Gasteiger partial charge on any atom is 0.212 e. The lowest BCUT2D eigenvalue weighted by Gasteiger charge is -2.01. The first-order chi connectivity index (χ1) is 6.29. The summed E-state index contributed by atoms with van der Waals surface area (Å²) in [5.41, 5.74) is 0.971. The van der Waals surface area contributed by atoms with Crippen LogP contribution in [0.1, 0.15) is 38.7 Å². The van der Waals surface area contributed by atoms with Crippen LogP contribution in [0.4, 0.5) is 0 Å². The van der Waals surface area contributed by atoms with Crippen molar-refractivity contribution in [1.82, 2.24) is 9.78 Å². The topological polar surface area (TPSA) is 38.0 Å². The molecule has 0 saturated heterocycles. The van der Waals surface area contributed by atoms with Crippen LogP contribution in [0.5, 0.6) is 5.88 Å². The van der Waals surface area contributed by atoms with Gasteiger partial charge in [0, 0.05) is 12.1 Å². The van der Waals surface area contributed by atoms with Crippen molar-refractivity contribution in [2.24, 2.45) is 0 Å². The monoisotopic (exact) mass is 182 g/mol. The maximum atomic E-state index is 9.69. The molecule has 13 heavy (non-hydrogen) atoms. The lowest BCUT2D eigenvalue weighted by atomic mass is 10.2. The fourth-order valence-electron chi connectivity index (χ4n) is 1.33. The molecule has 0 bridgehead atoms. The number of hydrogen-bond donors (Lipinski definition) is 1. The molecule has 0 spiro atoms. The number of aromatic nitrogens is 2. The highest BCUT2D eigenvalue weighted by atomic mass is 16.3. The van der Waals surface area contributed by atoms with Crippen LogP contribution in [0.15, 0.2) is 6.20 Å². The summed E-state index contributed by atoms with van der Waals surface area (Å²) in [7, 11) is 0. The zero-order valence-corrected chi connectivity index (χ0v) is 8.45. The highest BCUT2D eigenvalue weighted by Gasteiger charge is 2.06. The second kappa shape index (κ2) is 4.90. The molecule has 0 unspecified atom stereocenters. The van der Waals surface area contributed by atoms with Gasteiger partial charge in [0.05, 0.1) is 6.20 Å². The molecule has 1 N–H and O–H groups in total. The first-order valence-electron chi connectivity index (χ1n) is 5.03. The molecular weight excluding hydrogens is 164 g/mol. The van der Waals surface area contributed by atoms with Crippen molar-refractivity contribution in [3.05, 3.63) is 11.8 Å². The van der Waals surface area contributed by atoms with Crippen molar-refractivity contribution in [2.45, 2.75) is 46.1 Å². The molecule has 0 atom stereocenters. The van der Waals surface area contributed by atoms with E-state index in [2.05, 4.69) is 18.9 Å². The molecule has 0 saturated carbocycles. The Labute approximate surface area is 79.4 Å². The lowest BCUT2D eigenvalue weighted by Crippen LogP contribution is -1.98. The van der Waals surface area contributed by atoms with Gasteiger partial charge in [-0.15, -0.1) is 0 Å². The standard InChI is InChI=1S/C10H18N2O/c1-3-5-7-12-10(13)9(6-4-2)8-11-12/h8,13H,3-7H2,1-2H3. The predicted molar refractivity (Wildman–Crippen MR) is 52.8 cm³/mol. The fourth-order valence-corrected chi connectivity index (χ4v) is 1.33. The molecule has 0 aliphatic carbocycles. The van der Waals surface area contributed by atoms with Gasteiger partial charge >= 0.3 is 0 Å². The zero-order valence-electron chi connectivity index (χ0n) is 8.45. The largest absolute Gasteiger partial charge is 0.493 e. The third kappa shape index (κ3) is 2.47. The molecule has 74 valence electrons. The molecule has 0 radical (unpaired) electrons. The second-order valence-electron chi connectivity index (χ2n) is 3.32. The quantitative estimate of drug-likeness (QED) is 0.759. The molecule has 1 heterocycles. The predicted octanol–water partition coefficient (Wildman–Crippen LogP) is 2.34. The second-order valence-corrected chi connectivity index (χ2v) is 3.32. The number of hydrogen-bond acceptors (Lipinski definition) is 2. The average molecular weight is 182 g/mol. The molecule has 1 rings (SSSR count). The van der Waals surface area contributed by atoms with Gasteiger partial charge in [-0.05, 0) is 12.8 Å². The van der Waals surface area contributed by atoms with E-state index >= 15 is 0 Å². The van der Waals surface area contributed by atoms with Crippen LogP contribution >= 0.6 is 0 Å². The fraction of sp³-hybridized carbons (Fsp3) is 0.700. The van der Waals surface area contributed by atoms with E-state index in [9.17, 15) is 5.11 Å². The SMILES string of the molecule is CCCCn1ncc(CCC)c1O. The number of aryl methyl sites for hydroxylation is 2. The minimum atomic E-state index is 0.357. The van der Waals surface area contributed by atoms with Crippen molar-refractivity contribution in [3.8, 4) is 5.88 Å². The van der Waals surface area contributed by atoms with Gasteiger partial charge < -0.3 is 5.11 Å². The third-order valence-electron chi connectivity index (χ3n) is 2.13. The van der Waals surface area contributed by atoms with Gasteiger partial charge in [0.25, 0.3) is 0 Å². The Morgan fingerprint density at radius 3 is 2.77 bits per heavy atom. The highest BCUT2D eigenvalue weighted by Crippen LogP contribution is 2.18. The summed E-state index contributed by atoms with van der Waals surface area (Å²) < 4.78 is 1.69. The minimum Gasteiger partial charge on any atom is -0.493 e. The summed E-state index contributed by atoms with van der Waals surface area (Å²) in [5.74, 6) is 0.357. The van der Waals surface area contributed by atoms with Gasteiger partial charge in [0.15, 0.2) is 0 Å². The van der Waals surface area contributed by atoms with Gasteiger partial charge in [-0.3, -0.25) is 0 Å². The van der Waals surface area contributed by atoms with Gasteiger partial charge in [0.2, 0.25) is 5.88 Å². The van der Waals surface area contributed by atoms with E-state index in [4.69, 9.17) is 0 Å². The van der Waals surface area contributed by atoms with Gasteiger partial charge in [-0.25, -0.2) is 4.68 Å². The number of unbranched alkanes of at least 4 members (excludes halogenated alkanes) is 1. The Morgan fingerprint density at radius 1 is 1.38 bits per heavy atom. The van der Waals surface area contributed by atoms with E-state index in [-0.39, 0.29) is 0 Å². The minimum absolute atomic E-state index is 0.357. The summed E-state index contributed by atoms with van der Waals surface area (Å²) in [6.07, 6.45) is 5.93. The van der Waals surface area contributed by atoms with Crippen LogP contribution in [0.25, 0.3) is 0 Å². The Balaban J connectivity index is 2.62. The van der Waals surface area contributed by atoms with Gasteiger partial charge in [-0.1, -0.05) is 26.7 Å². The van der Waals surface area contributed by atoms with Crippen molar-refractivity contribution in [3.63, 3.8) is 0 Å². The first kappa shape index (κ1) is 10.1. The van der Waals surface area contributed by atoms with E-state index < -0.39 is 0 Å². The van der Waals surface area contributed by atoms with Crippen molar-refractivity contribution >= 4 is 0 Å². The summed E-state index contributed by atoms with van der Waals surface area (Å²) in [5, 5.41) is 13.8. The van der Waals surface area contributed by atoms with Crippen LogP contribution in [0.2, 0.25) is 0 Å². The zero-order chi connectivity index (χ0) is 9.68. The Kier molecular flexibility index (Phi) is 3.80. The lowest BCUT2D eigenvalue weighted by molar-refractivity contribution is 0.389. The van der Waals surface area contributed by atoms with Crippen LogP contribution in [0, 0.1) is 0 Å². The highest BCUT2D eigenvalue weighted by molar-refractivity contribution is 5.22. The van der Waals surface area contributed by atoms with E-state index in [1.165, 1.54) is 0 Å². The van der Waals surface area contributed by atoms with Crippen molar-refractivity contribution in [1.29, 1.82) is 0 Å². The number of rotatable bonds is 5. The Bertz CT molecular complexity index is 255. The molecule has 0 amide bonds. The molecule has 3 heteroatoms. The van der Waals surface area contributed by atoms with E-state index in [0.29, 0.717) is 5.88 Å². The van der Waals surface area contributed by atoms with Crippen molar-refractivity contribution < 1.29 is 5.11 Å². The van der Waals surface area contributed by atoms with Crippen molar-refractivity contribution in [2.75, 3.05) is 0 Å². The molecular formula is C10H18N2O. The first-order valence-corrected chi connectivity index (χ1v) is 5.03. The normalized spacial score (nSPS) is 10.6. The van der Waals surface area contributed by atoms with Crippen LogP contribution in [-0.2, 0) is 13.0 Å². The molecule has 0 fully saturated rings. The van der Waals surface area contributed by atoms with Crippen LogP contribution in [0.3, 0.4) is 0 Å². The summed E-state index contributed by atoms with van der Waals surface area (Å²) >= 11 is 0. The number of nitrogens with zero attached hydrogens (tertiary/aromatic N) is 2. The smallest absolute Gasteiger partial charge is 0.212 e. The van der Waals surface area contributed by atoms with E-state index in [0.717, 1.165) is 37.8 Å². The maximum absolute atomic E-state index is 9.69. The number of aromatic hydroxyl groups is 1. The third-order valence-corrected chi connectivity index (χ3v) is 2.13. The Morgan fingerprint density at radius 2 is 2.15 bits per heavy atom.